The maximum Gasteiger partial charge on any atom is 0.321 e. The second-order valence-electron chi connectivity index (χ2n) is 5.36. The normalized spacial score (nSPS) is 19.4. The van der Waals surface area contributed by atoms with Crippen molar-refractivity contribution in [3.63, 3.8) is 0 Å². The van der Waals surface area contributed by atoms with E-state index in [1.807, 2.05) is 0 Å². The summed E-state index contributed by atoms with van der Waals surface area (Å²) < 4.78 is 5.13. The molecule has 1 aromatic heterocycles. The minimum absolute atomic E-state index is 0.0335. The van der Waals surface area contributed by atoms with Crippen LogP contribution in [0.4, 0.5) is 6.01 Å². The molecule has 1 aromatic rings. The van der Waals surface area contributed by atoms with E-state index in [1.54, 1.807) is 0 Å². The fourth-order valence-electron chi connectivity index (χ4n) is 1.25. The van der Waals surface area contributed by atoms with Crippen molar-refractivity contribution < 1.29 is 4.52 Å². The molecule has 0 spiro atoms. The molecule has 1 fully saturated rings. The Morgan fingerprint density at radius 1 is 1.36 bits per heavy atom. The van der Waals surface area contributed by atoms with Crippen LogP contribution in [0.25, 0.3) is 0 Å². The zero-order valence-corrected chi connectivity index (χ0v) is 9.22. The summed E-state index contributed by atoms with van der Waals surface area (Å²) in [5.74, 6) is 0.837. The van der Waals surface area contributed by atoms with Crippen LogP contribution in [0.2, 0.25) is 0 Å². The average molecular weight is 195 g/mol. The molecule has 1 aliphatic rings. The molecule has 0 unspecified atom stereocenters. The zero-order valence-electron chi connectivity index (χ0n) is 9.22. The van der Waals surface area contributed by atoms with Gasteiger partial charge in [0.25, 0.3) is 0 Å². The summed E-state index contributed by atoms with van der Waals surface area (Å²) in [4.78, 5) is 4.34. The third kappa shape index (κ3) is 1.89. The number of nitrogens with one attached hydrogen (secondary N) is 1. The molecular formula is C10H17N3O. The number of anilines is 1. The third-order valence-corrected chi connectivity index (χ3v) is 2.45. The van der Waals surface area contributed by atoms with Crippen molar-refractivity contribution in [2.24, 2.45) is 0 Å². The first-order valence-corrected chi connectivity index (χ1v) is 5.01. The quantitative estimate of drug-likeness (QED) is 0.786. The lowest BCUT2D eigenvalue weighted by Crippen LogP contribution is -2.26. The van der Waals surface area contributed by atoms with Crippen LogP contribution < -0.4 is 5.32 Å². The number of nitrogens with zero attached hydrogens (tertiary/aromatic N) is 2. The zero-order chi connectivity index (χ0) is 10.4. The van der Waals surface area contributed by atoms with Gasteiger partial charge < -0.3 is 9.84 Å². The maximum absolute atomic E-state index is 5.13. The first kappa shape index (κ1) is 9.49. The highest BCUT2D eigenvalue weighted by molar-refractivity contribution is 5.26. The molecule has 4 nitrogen and oxygen atoms in total. The van der Waals surface area contributed by atoms with E-state index in [4.69, 9.17) is 4.52 Å². The Balaban J connectivity index is 2.11. The molecule has 0 amide bonds. The lowest BCUT2D eigenvalue weighted by atomic mass is 10.1. The molecule has 0 aromatic carbocycles. The van der Waals surface area contributed by atoms with Crippen molar-refractivity contribution in [3.8, 4) is 0 Å². The second kappa shape index (κ2) is 2.72. The fraction of sp³-hybridized carbons (Fsp3) is 0.800. The van der Waals surface area contributed by atoms with Crippen molar-refractivity contribution in [1.82, 2.24) is 10.1 Å². The van der Waals surface area contributed by atoms with Gasteiger partial charge in [-0.15, -0.1) is 0 Å². The molecule has 1 N–H and O–H groups in total. The van der Waals surface area contributed by atoms with E-state index in [-0.39, 0.29) is 11.0 Å². The van der Waals surface area contributed by atoms with Gasteiger partial charge >= 0.3 is 6.01 Å². The molecule has 0 bridgehead atoms. The van der Waals surface area contributed by atoms with Gasteiger partial charge in [0.15, 0.2) is 5.82 Å². The number of hydrogen-bond acceptors (Lipinski definition) is 4. The molecular weight excluding hydrogens is 178 g/mol. The molecule has 1 heterocycles. The van der Waals surface area contributed by atoms with E-state index in [0.717, 1.165) is 5.82 Å². The van der Waals surface area contributed by atoms with E-state index < -0.39 is 0 Å². The van der Waals surface area contributed by atoms with Crippen LogP contribution in [0.1, 0.15) is 46.4 Å². The molecule has 0 aliphatic heterocycles. The summed E-state index contributed by atoms with van der Waals surface area (Å²) in [5.41, 5.74) is 0.148. The van der Waals surface area contributed by atoms with Crippen LogP contribution >= 0.6 is 0 Å². The van der Waals surface area contributed by atoms with Crippen LogP contribution in [-0.4, -0.2) is 15.7 Å². The van der Waals surface area contributed by atoms with Crippen molar-refractivity contribution in [1.29, 1.82) is 0 Å². The Morgan fingerprint density at radius 3 is 2.50 bits per heavy atom. The summed E-state index contributed by atoms with van der Waals surface area (Å²) >= 11 is 0. The van der Waals surface area contributed by atoms with Crippen LogP contribution in [-0.2, 0) is 5.41 Å². The minimum atomic E-state index is -0.0335. The Labute approximate surface area is 84.1 Å². The van der Waals surface area contributed by atoms with Crippen molar-refractivity contribution >= 4 is 6.01 Å². The molecule has 14 heavy (non-hydrogen) atoms. The van der Waals surface area contributed by atoms with Crippen LogP contribution in [0.15, 0.2) is 4.52 Å². The van der Waals surface area contributed by atoms with Gasteiger partial charge in [0.2, 0.25) is 0 Å². The van der Waals surface area contributed by atoms with E-state index >= 15 is 0 Å². The van der Waals surface area contributed by atoms with E-state index in [1.165, 1.54) is 12.8 Å². The van der Waals surface area contributed by atoms with E-state index in [2.05, 4.69) is 43.2 Å². The Kier molecular flexibility index (Phi) is 1.84. The highest BCUT2D eigenvalue weighted by atomic mass is 16.5. The Morgan fingerprint density at radius 2 is 2.00 bits per heavy atom. The summed E-state index contributed by atoms with van der Waals surface area (Å²) in [6.45, 7) is 8.36. The number of hydrogen-bond donors (Lipinski definition) is 1. The van der Waals surface area contributed by atoms with Crippen molar-refractivity contribution in [3.05, 3.63) is 5.82 Å². The smallest absolute Gasteiger partial charge is 0.321 e. The predicted molar refractivity (Wildman–Crippen MR) is 54.3 cm³/mol. The summed E-state index contributed by atoms with van der Waals surface area (Å²) in [6, 6.07) is 0.528. The molecule has 1 aliphatic carbocycles. The summed E-state index contributed by atoms with van der Waals surface area (Å²) in [5, 5.41) is 7.15. The fourth-order valence-corrected chi connectivity index (χ4v) is 1.25. The largest absolute Gasteiger partial charge is 0.333 e. The summed E-state index contributed by atoms with van der Waals surface area (Å²) in [6.07, 6.45) is 2.34. The Hall–Kier alpha value is -1.06. The SMILES string of the molecule is CC(C)(C)Nc1nc(C2(C)CC2)no1. The van der Waals surface area contributed by atoms with Crippen LogP contribution in [0.3, 0.4) is 0 Å². The van der Waals surface area contributed by atoms with Gasteiger partial charge in [-0.25, -0.2) is 0 Å². The van der Waals surface area contributed by atoms with Crippen molar-refractivity contribution in [2.45, 2.75) is 51.5 Å². The highest BCUT2D eigenvalue weighted by Crippen LogP contribution is 2.46. The maximum atomic E-state index is 5.13. The first-order chi connectivity index (χ1) is 6.39. The Bertz CT molecular complexity index is 333. The molecule has 78 valence electrons. The van der Waals surface area contributed by atoms with Gasteiger partial charge in [0.05, 0.1) is 0 Å². The average Bonchev–Trinajstić information content (AvgIpc) is 2.60. The lowest BCUT2D eigenvalue weighted by molar-refractivity contribution is 0.406. The van der Waals surface area contributed by atoms with Crippen molar-refractivity contribution in [2.75, 3.05) is 5.32 Å². The molecule has 4 heteroatoms. The highest BCUT2D eigenvalue weighted by Gasteiger charge is 2.43. The molecule has 2 rings (SSSR count). The van der Waals surface area contributed by atoms with Gasteiger partial charge in [0, 0.05) is 11.0 Å². The molecule has 0 radical (unpaired) electrons. The van der Waals surface area contributed by atoms with Crippen LogP contribution in [0.5, 0.6) is 0 Å². The molecule has 0 saturated heterocycles. The van der Waals surface area contributed by atoms with Gasteiger partial charge in [0.1, 0.15) is 0 Å². The first-order valence-electron chi connectivity index (χ1n) is 5.01. The number of aromatic nitrogens is 2. The van der Waals surface area contributed by atoms with E-state index in [9.17, 15) is 0 Å². The lowest BCUT2D eigenvalue weighted by Gasteiger charge is -2.17. The van der Waals surface area contributed by atoms with Gasteiger partial charge in [-0.2, -0.15) is 4.98 Å². The van der Waals surface area contributed by atoms with Gasteiger partial charge in [-0.3, -0.25) is 0 Å². The topological polar surface area (TPSA) is 51.0 Å². The van der Waals surface area contributed by atoms with Crippen LogP contribution in [0, 0.1) is 0 Å². The molecule has 0 atom stereocenters. The number of rotatable bonds is 2. The predicted octanol–water partition coefficient (Wildman–Crippen LogP) is 2.33. The van der Waals surface area contributed by atoms with E-state index in [0.29, 0.717) is 6.01 Å². The monoisotopic (exact) mass is 195 g/mol. The standard InChI is InChI=1S/C10H17N3O/c1-9(2,3)12-8-11-7(13-14-8)10(4)5-6-10/h5-6H2,1-4H3,(H,11,12,13). The summed E-state index contributed by atoms with van der Waals surface area (Å²) in [7, 11) is 0. The minimum Gasteiger partial charge on any atom is -0.333 e. The van der Waals surface area contributed by atoms with Gasteiger partial charge in [-0.1, -0.05) is 12.1 Å². The van der Waals surface area contributed by atoms with Gasteiger partial charge in [-0.05, 0) is 33.6 Å². The second-order valence-corrected chi connectivity index (χ2v) is 5.36. The third-order valence-electron chi connectivity index (χ3n) is 2.45. The molecule has 1 saturated carbocycles.